The molecule has 0 heterocycles. The third-order valence-corrected chi connectivity index (χ3v) is 10.9. The largest absolute Gasteiger partial charge is 0.394 e. The van der Waals surface area contributed by atoms with Gasteiger partial charge in [0.1, 0.15) is 12.2 Å². The molecule has 11 heteroatoms. The Morgan fingerprint density at radius 1 is 0.569 bits per heavy atom. The van der Waals surface area contributed by atoms with Crippen molar-refractivity contribution in [2.24, 2.45) is 0 Å². The number of aliphatic hydroxyl groups excluding tert-OH is 4. The maximum absolute atomic E-state index is 13.7. The topological polar surface area (TPSA) is 182 Å². The van der Waals surface area contributed by atoms with Gasteiger partial charge in [-0.15, -0.1) is 0 Å². The van der Waals surface area contributed by atoms with E-state index >= 15 is 0 Å². The van der Waals surface area contributed by atoms with Gasteiger partial charge in [-0.2, -0.15) is 0 Å². The van der Waals surface area contributed by atoms with Gasteiger partial charge in [-0.3, -0.25) is 14.2 Å². The molecule has 6 N–H and O–H groups in total. The highest BCUT2D eigenvalue weighted by Crippen LogP contribution is 2.46. The number of hydrogen-bond acceptors (Lipinski definition) is 8. The van der Waals surface area contributed by atoms with E-state index < -0.39 is 56.0 Å². The van der Waals surface area contributed by atoms with Crippen molar-refractivity contribution in [3.05, 3.63) is 12.2 Å². The highest BCUT2D eigenvalue weighted by molar-refractivity contribution is 7.52. The van der Waals surface area contributed by atoms with E-state index in [1.54, 1.807) is 0 Å². The lowest BCUT2D eigenvalue weighted by molar-refractivity contribution is -0.190. The zero-order valence-corrected chi connectivity index (χ0v) is 33.3. The molecule has 2 unspecified atom stereocenters. The summed E-state index contributed by atoms with van der Waals surface area (Å²) in [5.74, 6) is -4.24. The number of aliphatic hydroxyl groups is 4. The second kappa shape index (κ2) is 32.5. The normalized spacial score (nSPS) is 15.2. The van der Waals surface area contributed by atoms with E-state index in [0.29, 0.717) is 25.7 Å². The number of allylic oxidation sites excluding steroid dienone is 2. The Morgan fingerprint density at radius 3 is 1.22 bits per heavy atom. The van der Waals surface area contributed by atoms with E-state index in [2.05, 4.69) is 26.0 Å². The fourth-order valence-electron chi connectivity index (χ4n) is 6.55. The van der Waals surface area contributed by atoms with Crippen molar-refractivity contribution in [2.75, 3.05) is 13.2 Å². The number of ether oxygens (including phenoxy) is 1. The smallest absolute Gasteiger partial charge is 0.356 e. The molecule has 0 amide bonds. The predicted octanol–water partition coefficient (Wildman–Crippen LogP) is 8.61. The van der Waals surface area contributed by atoms with Crippen molar-refractivity contribution < 1.29 is 49.1 Å². The summed E-state index contributed by atoms with van der Waals surface area (Å²) in [5, 5.41) is 40.5. The van der Waals surface area contributed by atoms with Gasteiger partial charge >= 0.3 is 7.60 Å². The van der Waals surface area contributed by atoms with E-state index in [9.17, 15) is 44.4 Å². The number of unbranched alkanes of at least 4 members (excludes halogenated alkanes) is 23. The Bertz CT molecular complexity index is 923. The van der Waals surface area contributed by atoms with Crippen LogP contribution in [0.3, 0.4) is 0 Å². The van der Waals surface area contributed by atoms with Crippen molar-refractivity contribution in [3.8, 4) is 0 Å². The third kappa shape index (κ3) is 23.4. The second-order valence-corrected chi connectivity index (χ2v) is 16.1. The standard InChI is InChI=1S/C40H77O10P/c1-3-5-7-9-11-13-15-17-18-20-22-24-26-28-30-32-37(45)40(38(46)34-42,50-39(35(43)33-41)51(47,48)49)36(44)31-29-27-25-23-21-19-16-14-12-10-8-6-4-2/h17-18,35,38-39,41-43,46H,3-16,19-34H2,1-2H3,(H2,47,48,49)/b18-17-/t35?,38-,39-,40?/m0/s1. The van der Waals surface area contributed by atoms with E-state index in [1.807, 2.05) is 0 Å². The zero-order valence-electron chi connectivity index (χ0n) is 32.4. The monoisotopic (exact) mass is 749 g/mol. The first-order valence-electron chi connectivity index (χ1n) is 20.5. The van der Waals surface area contributed by atoms with E-state index in [1.165, 1.54) is 83.5 Å². The average Bonchev–Trinajstić information content (AvgIpc) is 3.11. The number of carbonyl (C=O) groups is 2. The molecule has 0 aliphatic carbocycles. The maximum atomic E-state index is 13.7. The summed E-state index contributed by atoms with van der Waals surface area (Å²) in [4.78, 5) is 47.3. The molecule has 51 heavy (non-hydrogen) atoms. The first kappa shape index (κ1) is 50.0. The van der Waals surface area contributed by atoms with Crippen LogP contribution in [0.25, 0.3) is 0 Å². The minimum atomic E-state index is -5.33. The number of Topliss-reactive ketones (excluding diaryl/α,β-unsaturated/α-hetero) is 2. The van der Waals surface area contributed by atoms with Crippen LogP contribution in [0, 0.1) is 0 Å². The molecule has 0 aromatic rings. The van der Waals surface area contributed by atoms with Crippen molar-refractivity contribution in [1.29, 1.82) is 0 Å². The molecule has 0 bridgehead atoms. The van der Waals surface area contributed by atoms with Gasteiger partial charge in [-0.1, -0.05) is 154 Å². The van der Waals surface area contributed by atoms with Crippen LogP contribution in [0.5, 0.6) is 0 Å². The van der Waals surface area contributed by atoms with Gasteiger partial charge in [0, 0.05) is 12.8 Å². The summed E-state index contributed by atoms with van der Waals surface area (Å²) in [7, 11) is -5.33. The summed E-state index contributed by atoms with van der Waals surface area (Å²) in [6.07, 6.45) is 27.5. The molecule has 0 saturated carbocycles. The van der Waals surface area contributed by atoms with Crippen LogP contribution in [0.15, 0.2) is 12.2 Å². The number of carbonyl (C=O) groups excluding carboxylic acids is 2. The van der Waals surface area contributed by atoms with Crippen LogP contribution in [0.4, 0.5) is 0 Å². The molecule has 0 radical (unpaired) electrons. The molecule has 0 aromatic heterocycles. The van der Waals surface area contributed by atoms with Crippen LogP contribution in [-0.2, 0) is 18.9 Å². The first-order valence-corrected chi connectivity index (χ1v) is 22.2. The van der Waals surface area contributed by atoms with Crippen LogP contribution in [-0.4, -0.2) is 78.6 Å². The summed E-state index contributed by atoms with van der Waals surface area (Å²) in [5.41, 5.74) is -2.78. The molecule has 0 fully saturated rings. The van der Waals surface area contributed by atoms with Gasteiger partial charge in [0.05, 0.1) is 13.2 Å². The Labute approximate surface area is 310 Å². The quantitative estimate of drug-likeness (QED) is 0.0155. The van der Waals surface area contributed by atoms with Crippen LogP contribution in [0.1, 0.15) is 194 Å². The van der Waals surface area contributed by atoms with Crippen LogP contribution >= 0.6 is 7.60 Å². The summed E-state index contributed by atoms with van der Waals surface area (Å²) >= 11 is 0. The third-order valence-electron chi connectivity index (χ3n) is 9.80. The van der Waals surface area contributed by atoms with Gasteiger partial charge in [-0.25, -0.2) is 0 Å². The molecular weight excluding hydrogens is 671 g/mol. The van der Waals surface area contributed by atoms with Crippen molar-refractivity contribution in [2.45, 2.75) is 217 Å². The highest BCUT2D eigenvalue weighted by atomic mass is 31.2. The Hall–Kier alpha value is -0.970. The highest BCUT2D eigenvalue weighted by Gasteiger charge is 2.56. The summed E-state index contributed by atoms with van der Waals surface area (Å²) < 4.78 is 17.8. The van der Waals surface area contributed by atoms with Gasteiger partial charge in [0.2, 0.25) is 5.60 Å². The molecule has 0 aliphatic rings. The molecular formula is C40H77O10P. The zero-order chi connectivity index (χ0) is 38.2. The molecule has 0 spiro atoms. The van der Waals surface area contributed by atoms with E-state index in [4.69, 9.17) is 4.74 Å². The van der Waals surface area contributed by atoms with Crippen LogP contribution in [0.2, 0.25) is 0 Å². The fraction of sp³-hybridized carbons (Fsp3) is 0.900. The molecule has 0 aromatic carbocycles. The molecule has 302 valence electrons. The Morgan fingerprint density at radius 2 is 0.902 bits per heavy atom. The van der Waals surface area contributed by atoms with Gasteiger partial charge in [-0.05, 0) is 38.5 Å². The minimum Gasteiger partial charge on any atom is -0.394 e. The van der Waals surface area contributed by atoms with E-state index in [-0.39, 0.29) is 12.8 Å². The fourth-order valence-corrected chi connectivity index (χ4v) is 7.39. The maximum Gasteiger partial charge on any atom is 0.356 e. The van der Waals surface area contributed by atoms with Crippen molar-refractivity contribution >= 4 is 19.2 Å². The lowest BCUT2D eigenvalue weighted by atomic mass is 9.82. The Balaban J connectivity index is 5.08. The average molecular weight is 749 g/mol. The van der Waals surface area contributed by atoms with Gasteiger partial charge in [0.15, 0.2) is 17.4 Å². The minimum absolute atomic E-state index is 0.212. The van der Waals surface area contributed by atoms with Gasteiger partial charge < -0.3 is 34.9 Å². The van der Waals surface area contributed by atoms with Gasteiger partial charge in [0.25, 0.3) is 0 Å². The number of rotatable bonds is 38. The first-order chi connectivity index (χ1) is 24.5. The summed E-state index contributed by atoms with van der Waals surface area (Å²) in [6, 6.07) is 0. The number of hydrogen-bond donors (Lipinski definition) is 6. The van der Waals surface area contributed by atoms with Crippen molar-refractivity contribution in [3.63, 3.8) is 0 Å². The SMILES string of the molecule is CCCCCCCC/C=C\CCCCCCCC(=O)C(O[C@H](C(O)CO)P(=O)(O)O)(C(=O)CCCCCCCCCCCCCCC)[C@@H](O)CO. The molecule has 4 atom stereocenters. The number of ketones is 2. The Kier molecular flexibility index (Phi) is 31.8. The molecule has 0 rings (SSSR count). The van der Waals surface area contributed by atoms with E-state index in [0.717, 1.165) is 57.8 Å². The molecule has 0 saturated heterocycles. The second-order valence-electron chi connectivity index (χ2n) is 14.5. The van der Waals surface area contributed by atoms with Crippen molar-refractivity contribution in [1.82, 2.24) is 0 Å². The predicted molar refractivity (Wildman–Crippen MR) is 206 cm³/mol. The molecule has 10 nitrogen and oxygen atoms in total. The van der Waals surface area contributed by atoms with Crippen LogP contribution < -0.4 is 0 Å². The molecule has 0 aliphatic heterocycles. The summed E-state index contributed by atoms with van der Waals surface area (Å²) in [6.45, 7) is 2.24. The lowest BCUT2D eigenvalue weighted by Crippen LogP contribution is -2.61. The lowest BCUT2D eigenvalue weighted by Gasteiger charge is -2.38.